The topological polar surface area (TPSA) is 97.6 Å². The Labute approximate surface area is 216 Å². The average molecular weight is 514 g/mol. The monoisotopic (exact) mass is 513 g/mol. The Morgan fingerprint density at radius 2 is 1.71 bits per heavy atom. The van der Waals surface area contributed by atoms with Crippen molar-refractivity contribution in [3.8, 4) is 17.1 Å². The van der Waals surface area contributed by atoms with E-state index in [-0.39, 0.29) is 28.4 Å². The number of carbonyl (C=O) groups is 2. The van der Waals surface area contributed by atoms with Gasteiger partial charge in [-0.2, -0.15) is 5.10 Å². The fourth-order valence-electron chi connectivity index (χ4n) is 4.59. The highest BCUT2D eigenvalue weighted by Crippen LogP contribution is 2.34. The smallest absolute Gasteiger partial charge is 0.269 e. The Balaban J connectivity index is 1.44. The number of aromatic nitrogens is 2. The number of amides is 2. The lowest BCUT2D eigenvalue weighted by atomic mass is 10.0. The van der Waals surface area contributed by atoms with Crippen molar-refractivity contribution in [3.05, 3.63) is 101 Å². The van der Waals surface area contributed by atoms with Crippen molar-refractivity contribution in [2.24, 2.45) is 4.99 Å². The Hall–Kier alpha value is -4.86. The minimum atomic E-state index is -1.42. The second-order valence-electron chi connectivity index (χ2n) is 8.81. The van der Waals surface area contributed by atoms with E-state index in [0.29, 0.717) is 36.4 Å². The van der Waals surface area contributed by atoms with Gasteiger partial charge in [-0.05, 0) is 18.2 Å². The molecule has 0 spiro atoms. The zero-order chi connectivity index (χ0) is 26.2. The normalized spacial score (nSPS) is 16.3. The molecule has 2 N–H and O–H groups in total. The lowest BCUT2D eigenvalue weighted by Gasteiger charge is -2.17. The summed E-state index contributed by atoms with van der Waals surface area (Å²) in [6.45, 7) is 0.844. The number of carbonyl (C=O) groups excluding carboxylic acids is 2. The fourth-order valence-corrected chi connectivity index (χ4v) is 4.59. The third-order valence-electron chi connectivity index (χ3n) is 6.35. The number of anilines is 1. The molecule has 0 saturated heterocycles. The van der Waals surface area contributed by atoms with Gasteiger partial charge in [0.15, 0.2) is 0 Å². The van der Waals surface area contributed by atoms with Crippen LogP contribution in [0.5, 0.6) is 5.88 Å². The molecule has 0 aliphatic carbocycles. The van der Waals surface area contributed by atoms with E-state index in [9.17, 15) is 18.4 Å². The van der Waals surface area contributed by atoms with Crippen molar-refractivity contribution in [2.45, 2.75) is 19.1 Å². The molecular weight excluding hydrogens is 492 g/mol. The maximum atomic E-state index is 14.8. The van der Waals surface area contributed by atoms with E-state index in [0.717, 1.165) is 0 Å². The number of ether oxygens (including phenoxy) is 1. The average Bonchev–Trinajstić information content (AvgIpc) is 3.25. The Morgan fingerprint density at radius 3 is 2.53 bits per heavy atom. The molecule has 3 heterocycles. The van der Waals surface area contributed by atoms with E-state index in [4.69, 9.17) is 4.74 Å². The summed E-state index contributed by atoms with van der Waals surface area (Å²) in [4.78, 5) is 31.5. The number of fused-ring (bicyclic) bond motifs is 2. The van der Waals surface area contributed by atoms with E-state index >= 15 is 0 Å². The lowest BCUT2D eigenvalue weighted by Crippen LogP contribution is -2.42. The molecule has 38 heavy (non-hydrogen) atoms. The van der Waals surface area contributed by atoms with E-state index in [2.05, 4.69) is 20.7 Å². The van der Waals surface area contributed by atoms with Crippen LogP contribution in [0.25, 0.3) is 11.3 Å². The predicted octanol–water partition coefficient (Wildman–Crippen LogP) is 4.16. The molecular formula is C28H21F2N5O3. The van der Waals surface area contributed by atoms with Gasteiger partial charge in [0.1, 0.15) is 22.9 Å². The first kappa shape index (κ1) is 23.5. The van der Waals surface area contributed by atoms with Crippen molar-refractivity contribution in [1.82, 2.24) is 15.1 Å². The molecule has 2 aliphatic heterocycles. The molecule has 2 amide bonds. The van der Waals surface area contributed by atoms with Crippen molar-refractivity contribution >= 4 is 23.2 Å². The van der Waals surface area contributed by atoms with E-state index in [1.807, 2.05) is 6.07 Å². The maximum Gasteiger partial charge on any atom is 0.269 e. The summed E-state index contributed by atoms with van der Waals surface area (Å²) in [7, 11) is 0. The first-order valence-corrected chi connectivity index (χ1v) is 12.0. The first-order chi connectivity index (χ1) is 18.5. The molecule has 0 saturated carbocycles. The fraction of sp³-hybridized carbons (Fsp3) is 0.143. The second-order valence-corrected chi connectivity index (χ2v) is 8.81. The number of para-hydroxylation sites is 1. The number of benzodiazepines with no additional fused rings is 1. The maximum absolute atomic E-state index is 14.8. The number of benzene rings is 3. The van der Waals surface area contributed by atoms with Crippen LogP contribution in [0.3, 0.4) is 0 Å². The summed E-state index contributed by atoms with van der Waals surface area (Å²) in [5.41, 5.74) is 1.51. The largest absolute Gasteiger partial charge is 0.477 e. The SMILES string of the molecule is O=C(N[C@H]1N=C(c2ccccc2)c2cccc(F)c2NC1=O)c1c(-c2ccccc2F)nn2c1OCCC2. The van der Waals surface area contributed by atoms with Gasteiger partial charge < -0.3 is 15.4 Å². The molecule has 0 bridgehead atoms. The van der Waals surface area contributed by atoms with Gasteiger partial charge in [0.25, 0.3) is 11.8 Å². The molecule has 8 nitrogen and oxygen atoms in total. The van der Waals surface area contributed by atoms with Gasteiger partial charge in [-0.15, -0.1) is 0 Å². The highest BCUT2D eigenvalue weighted by molar-refractivity contribution is 6.20. The standard InChI is InChI=1S/C28H21F2N5O3/c29-19-12-5-4-10-17(19)24-21(28-35(34-24)14-7-15-38-28)26(36)33-25-27(37)32-23-18(11-6-13-20(23)30)22(31-25)16-8-2-1-3-9-16/h1-6,8-13,25H,7,14-15H2,(H,32,37)(H,33,36)/t25-/m1/s1. The quantitative estimate of drug-likeness (QED) is 0.428. The van der Waals surface area contributed by atoms with E-state index < -0.39 is 29.6 Å². The molecule has 10 heteroatoms. The number of aryl methyl sites for hydroxylation is 1. The second kappa shape index (κ2) is 9.55. The molecule has 190 valence electrons. The van der Waals surface area contributed by atoms with Crippen LogP contribution in [0.4, 0.5) is 14.5 Å². The summed E-state index contributed by atoms with van der Waals surface area (Å²) in [5.74, 6) is -2.46. The highest BCUT2D eigenvalue weighted by atomic mass is 19.1. The van der Waals surface area contributed by atoms with Gasteiger partial charge in [0.2, 0.25) is 12.0 Å². The molecule has 0 fully saturated rings. The van der Waals surface area contributed by atoms with Gasteiger partial charge in [0.05, 0.1) is 18.0 Å². The van der Waals surface area contributed by atoms with Gasteiger partial charge in [-0.25, -0.2) is 18.5 Å². The number of hydrogen-bond donors (Lipinski definition) is 2. The third kappa shape index (κ3) is 4.09. The van der Waals surface area contributed by atoms with Gasteiger partial charge >= 0.3 is 0 Å². The molecule has 6 rings (SSSR count). The zero-order valence-corrected chi connectivity index (χ0v) is 19.9. The summed E-state index contributed by atoms with van der Waals surface area (Å²) in [5, 5.41) is 9.63. The summed E-state index contributed by atoms with van der Waals surface area (Å²) >= 11 is 0. The van der Waals surface area contributed by atoms with Crippen molar-refractivity contribution in [2.75, 3.05) is 11.9 Å². The van der Waals surface area contributed by atoms with Crippen LogP contribution in [0.1, 0.15) is 27.9 Å². The van der Waals surface area contributed by atoms with Crippen molar-refractivity contribution < 1.29 is 23.1 Å². The first-order valence-electron chi connectivity index (χ1n) is 12.0. The molecule has 0 radical (unpaired) electrons. The molecule has 1 atom stereocenters. The number of hydrogen-bond acceptors (Lipinski definition) is 5. The van der Waals surface area contributed by atoms with Crippen LogP contribution in [0.2, 0.25) is 0 Å². The van der Waals surface area contributed by atoms with Gasteiger partial charge in [-0.3, -0.25) is 9.59 Å². The molecule has 4 aromatic rings. The Kier molecular flexibility index (Phi) is 5.91. The van der Waals surface area contributed by atoms with Gasteiger partial charge in [-0.1, -0.05) is 54.6 Å². The molecule has 2 aliphatic rings. The number of nitrogens with zero attached hydrogens (tertiary/aromatic N) is 3. The third-order valence-corrected chi connectivity index (χ3v) is 6.35. The van der Waals surface area contributed by atoms with E-state index in [1.54, 1.807) is 36.4 Å². The number of rotatable bonds is 4. The minimum Gasteiger partial charge on any atom is -0.477 e. The van der Waals surface area contributed by atoms with Crippen LogP contribution in [-0.4, -0.2) is 40.1 Å². The summed E-state index contributed by atoms with van der Waals surface area (Å²) < 4.78 is 36.8. The number of aliphatic imine (C=N–C) groups is 1. The van der Waals surface area contributed by atoms with Gasteiger partial charge in [0, 0.05) is 29.7 Å². The van der Waals surface area contributed by atoms with Crippen LogP contribution in [0, 0.1) is 11.6 Å². The highest BCUT2D eigenvalue weighted by Gasteiger charge is 2.34. The van der Waals surface area contributed by atoms with Crippen LogP contribution < -0.4 is 15.4 Å². The summed E-state index contributed by atoms with van der Waals surface area (Å²) in [6.07, 6.45) is -0.747. The minimum absolute atomic E-state index is 0.00740. The van der Waals surface area contributed by atoms with Crippen molar-refractivity contribution in [3.63, 3.8) is 0 Å². The zero-order valence-electron chi connectivity index (χ0n) is 19.9. The Bertz CT molecular complexity index is 1600. The molecule has 1 aromatic heterocycles. The number of nitrogens with one attached hydrogen (secondary N) is 2. The van der Waals surface area contributed by atoms with Crippen LogP contribution in [0.15, 0.2) is 77.8 Å². The van der Waals surface area contributed by atoms with Crippen molar-refractivity contribution in [1.29, 1.82) is 0 Å². The predicted molar refractivity (Wildman–Crippen MR) is 136 cm³/mol. The van der Waals surface area contributed by atoms with Crippen LogP contribution in [-0.2, 0) is 11.3 Å². The molecule has 0 unspecified atom stereocenters. The van der Waals surface area contributed by atoms with Crippen LogP contribution >= 0.6 is 0 Å². The molecule has 3 aromatic carbocycles. The summed E-state index contributed by atoms with van der Waals surface area (Å²) in [6, 6.07) is 19.3. The lowest BCUT2D eigenvalue weighted by molar-refractivity contribution is -0.117. The number of halogens is 2. The Morgan fingerprint density at radius 1 is 0.974 bits per heavy atom. The van der Waals surface area contributed by atoms with E-state index in [1.165, 1.54) is 35.0 Å².